The van der Waals surface area contributed by atoms with Gasteiger partial charge in [-0.05, 0) is 25.7 Å². The molecule has 0 heterocycles. The van der Waals surface area contributed by atoms with Crippen molar-refractivity contribution in [1.82, 2.24) is 0 Å². The molecule has 1 rings (SSSR count). The van der Waals surface area contributed by atoms with Crippen molar-refractivity contribution in [3.63, 3.8) is 0 Å². The van der Waals surface area contributed by atoms with Crippen molar-refractivity contribution in [3.05, 3.63) is 0 Å². The fourth-order valence-electron chi connectivity index (χ4n) is 1.47. The smallest absolute Gasteiger partial charge is 0.0857 e. The van der Waals surface area contributed by atoms with E-state index >= 15 is 0 Å². The predicted molar refractivity (Wildman–Crippen MR) is 34.7 cm³/mol. The first-order chi connectivity index (χ1) is 3.93. The lowest BCUT2D eigenvalue weighted by molar-refractivity contribution is -0.666. The van der Waals surface area contributed by atoms with Gasteiger partial charge in [0.15, 0.2) is 0 Å². The average Bonchev–Trinajstić information content (AvgIpc) is 1.90. The average molecular weight is 185 g/mol. The monoisotopic (exact) mass is 184 g/mol. The molecule has 0 amide bonds. The Bertz CT molecular complexity index is 62.6. The van der Waals surface area contributed by atoms with Crippen LogP contribution in [0.5, 0.6) is 0 Å². The van der Waals surface area contributed by atoms with Crippen LogP contribution in [0.15, 0.2) is 0 Å². The number of nitrogens with two attached hydrogens (primary N) is 1. The highest BCUT2D eigenvalue weighted by molar-refractivity contribution is 4.61. The predicted octanol–water partition coefficient (Wildman–Crippen LogP) is -5.48. The van der Waals surface area contributed by atoms with Crippen LogP contribution >= 0.6 is 0 Å². The van der Waals surface area contributed by atoms with Gasteiger partial charge >= 0.3 is 0 Å². The normalized spacial score (nSPS) is 18.9. The summed E-state index contributed by atoms with van der Waals surface area (Å²) in [7, 11) is 2.19. The fraction of sp³-hybridized carbons (Fsp3) is 1.00. The van der Waals surface area contributed by atoms with Gasteiger partial charge in [0.2, 0.25) is 0 Å². The zero-order valence-corrected chi connectivity index (χ0v) is 7.96. The molecule has 64 valence electrons. The van der Waals surface area contributed by atoms with Crippen molar-refractivity contribution in [2.45, 2.75) is 38.1 Å². The summed E-state index contributed by atoms with van der Waals surface area (Å²) in [6.45, 7) is 0. The summed E-state index contributed by atoms with van der Waals surface area (Å²) in [5, 5.41) is 2.36. The highest BCUT2D eigenvalue weighted by Gasteiger charge is 2.12. The van der Waals surface area contributed by atoms with Crippen molar-refractivity contribution in [2.75, 3.05) is 7.05 Å². The van der Waals surface area contributed by atoms with E-state index in [-0.39, 0.29) is 24.8 Å². The molecule has 0 aromatic carbocycles. The van der Waals surface area contributed by atoms with Gasteiger partial charge in [-0.15, -0.1) is 0 Å². The Morgan fingerprint density at radius 3 is 1.80 bits per heavy atom. The highest BCUT2D eigenvalue weighted by Crippen LogP contribution is 2.14. The standard InChI is InChI=1S/C7H15N.2ClH/c1-8-7-5-3-2-4-6-7;;/h7-8H,2-6H2,1H3;2*1H/p-1. The molecule has 0 radical (unpaired) electrons. The number of hydrogen-bond acceptors (Lipinski definition) is 0. The quantitative estimate of drug-likeness (QED) is 0.420. The number of quaternary nitrogens is 1. The molecule has 0 aromatic heterocycles. The zero-order valence-electron chi connectivity index (χ0n) is 6.45. The maximum atomic E-state index is 2.36. The van der Waals surface area contributed by atoms with Gasteiger partial charge in [0.05, 0.1) is 13.1 Å². The highest BCUT2D eigenvalue weighted by atomic mass is 35.5. The molecule has 1 fully saturated rings. The second-order valence-corrected chi connectivity index (χ2v) is 2.73. The van der Waals surface area contributed by atoms with E-state index in [1.807, 2.05) is 0 Å². The topological polar surface area (TPSA) is 16.6 Å². The Morgan fingerprint density at radius 1 is 1.00 bits per heavy atom. The third-order valence-electron chi connectivity index (χ3n) is 2.12. The summed E-state index contributed by atoms with van der Waals surface area (Å²) in [4.78, 5) is 0. The van der Waals surface area contributed by atoms with Crippen LogP contribution in [0.25, 0.3) is 0 Å². The molecule has 1 nitrogen and oxygen atoms in total. The van der Waals surface area contributed by atoms with Crippen LogP contribution in [-0.2, 0) is 0 Å². The molecule has 2 N–H and O–H groups in total. The number of halogens is 2. The SMILES string of the molecule is C[NH2+]C1CCCCC1.[Cl-].[Cl-]. The molecular formula is C7H16Cl2N-. The minimum absolute atomic E-state index is 0. The van der Waals surface area contributed by atoms with Gasteiger partial charge in [0.1, 0.15) is 0 Å². The Kier molecular flexibility index (Phi) is 10.1. The molecule has 0 aromatic rings. The first-order valence-electron chi connectivity index (χ1n) is 3.73. The van der Waals surface area contributed by atoms with Crippen LogP contribution in [-0.4, -0.2) is 13.1 Å². The van der Waals surface area contributed by atoms with Crippen molar-refractivity contribution in [3.8, 4) is 0 Å². The molecular weight excluding hydrogens is 169 g/mol. The van der Waals surface area contributed by atoms with Gasteiger partial charge in [-0.1, -0.05) is 6.42 Å². The second kappa shape index (κ2) is 7.64. The van der Waals surface area contributed by atoms with Crippen LogP contribution in [0.1, 0.15) is 32.1 Å². The van der Waals surface area contributed by atoms with Crippen LogP contribution in [0.4, 0.5) is 0 Å². The van der Waals surface area contributed by atoms with Gasteiger partial charge < -0.3 is 30.1 Å². The molecule has 1 aliphatic carbocycles. The molecule has 0 atom stereocenters. The summed E-state index contributed by atoms with van der Waals surface area (Å²) in [6, 6.07) is 0.962. The third-order valence-corrected chi connectivity index (χ3v) is 2.12. The molecule has 3 heteroatoms. The Labute approximate surface area is 75.8 Å². The molecule has 1 aliphatic rings. The van der Waals surface area contributed by atoms with Gasteiger partial charge in [-0.2, -0.15) is 0 Å². The van der Waals surface area contributed by atoms with Crippen molar-refractivity contribution in [2.24, 2.45) is 0 Å². The Morgan fingerprint density at radius 2 is 1.50 bits per heavy atom. The first-order valence-corrected chi connectivity index (χ1v) is 3.73. The van der Waals surface area contributed by atoms with Crippen LogP contribution in [0, 0.1) is 0 Å². The summed E-state index contributed by atoms with van der Waals surface area (Å²) < 4.78 is 0. The van der Waals surface area contributed by atoms with E-state index in [0.29, 0.717) is 0 Å². The first kappa shape index (κ1) is 13.2. The maximum absolute atomic E-state index is 2.36. The largest absolute Gasteiger partial charge is 1.00 e. The number of hydrogen-bond donors (Lipinski definition) is 1. The lowest BCUT2D eigenvalue weighted by atomic mass is 9.96. The van der Waals surface area contributed by atoms with E-state index in [0.717, 1.165) is 6.04 Å². The lowest BCUT2D eigenvalue weighted by Gasteiger charge is -2.17. The van der Waals surface area contributed by atoms with Crippen molar-refractivity contribution < 1.29 is 30.1 Å². The Balaban J connectivity index is 0. The van der Waals surface area contributed by atoms with E-state index in [1.54, 1.807) is 0 Å². The molecule has 10 heavy (non-hydrogen) atoms. The zero-order chi connectivity index (χ0) is 5.82. The van der Waals surface area contributed by atoms with Gasteiger partial charge in [0, 0.05) is 0 Å². The van der Waals surface area contributed by atoms with Gasteiger partial charge in [0.25, 0.3) is 0 Å². The van der Waals surface area contributed by atoms with E-state index in [4.69, 9.17) is 0 Å². The van der Waals surface area contributed by atoms with Crippen LogP contribution < -0.4 is 30.1 Å². The van der Waals surface area contributed by atoms with E-state index in [1.165, 1.54) is 32.1 Å². The third kappa shape index (κ3) is 4.37. The summed E-state index contributed by atoms with van der Waals surface area (Å²) >= 11 is 0. The van der Waals surface area contributed by atoms with Gasteiger partial charge in [-0.25, -0.2) is 0 Å². The maximum Gasteiger partial charge on any atom is 0.0857 e. The van der Waals surface area contributed by atoms with E-state index in [9.17, 15) is 0 Å². The van der Waals surface area contributed by atoms with E-state index < -0.39 is 0 Å². The Hall–Kier alpha value is 0.540. The molecule has 0 bridgehead atoms. The van der Waals surface area contributed by atoms with E-state index in [2.05, 4.69) is 12.4 Å². The minimum Gasteiger partial charge on any atom is -1.00 e. The molecule has 0 spiro atoms. The second-order valence-electron chi connectivity index (χ2n) is 2.73. The molecule has 1 saturated carbocycles. The van der Waals surface area contributed by atoms with Crippen molar-refractivity contribution in [1.29, 1.82) is 0 Å². The van der Waals surface area contributed by atoms with Crippen LogP contribution in [0.3, 0.4) is 0 Å². The van der Waals surface area contributed by atoms with Gasteiger partial charge in [-0.3, -0.25) is 0 Å². The molecule has 0 saturated heterocycles. The summed E-state index contributed by atoms with van der Waals surface area (Å²) in [6.07, 6.45) is 7.32. The summed E-state index contributed by atoms with van der Waals surface area (Å²) in [5.41, 5.74) is 0. The lowest BCUT2D eigenvalue weighted by Crippen LogP contribution is -3.00. The molecule has 0 aliphatic heterocycles. The van der Waals surface area contributed by atoms with Crippen molar-refractivity contribution >= 4 is 0 Å². The minimum atomic E-state index is 0. The number of rotatable bonds is 1. The molecule has 0 unspecified atom stereocenters. The summed E-state index contributed by atoms with van der Waals surface area (Å²) in [5.74, 6) is 0. The fourth-order valence-corrected chi connectivity index (χ4v) is 1.47. The van der Waals surface area contributed by atoms with Crippen LogP contribution in [0.2, 0.25) is 0 Å².